The minimum absolute atomic E-state index is 0.0556. The van der Waals surface area contributed by atoms with Crippen molar-refractivity contribution in [3.8, 4) is 0 Å². The normalized spacial score (nSPS) is 14.4. The van der Waals surface area contributed by atoms with Gasteiger partial charge in [0.15, 0.2) is 5.69 Å². The Morgan fingerprint density at radius 2 is 1.91 bits per heavy atom. The number of hydrogen-bond donors (Lipinski definition) is 4. The van der Waals surface area contributed by atoms with E-state index in [4.69, 9.17) is 11.5 Å². The maximum absolute atomic E-state index is 14.2. The first kappa shape index (κ1) is 23.2. The van der Waals surface area contributed by atoms with Crippen molar-refractivity contribution in [3.63, 3.8) is 0 Å². The van der Waals surface area contributed by atoms with E-state index in [0.717, 1.165) is 25.7 Å². The molecule has 1 aliphatic rings. The lowest BCUT2D eigenvalue weighted by atomic mass is 9.87. The van der Waals surface area contributed by atoms with Crippen LogP contribution in [-0.2, 0) is 4.79 Å². The molecule has 3 amide bonds. The third-order valence-electron chi connectivity index (χ3n) is 5.47. The van der Waals surface area contributed by atoms with Crippen molar-refractivity contribution in [2.45, 2.75) is 58.4 Å². The molecule has 2 aromatic rings. The number of halogens is 1. The number of nitrogens with one attached hydrogen (secondary N) is 2. The molecular weight excluding hydrogens is 417 g/mol. The predicted molar refractivity (Wildman–Crippen MR) is 118 cm³/mol. The Bertz CT molecular complexity index is 1030. The molecule has 2 heterocycles. The lowest BCUT2D eigenvalue weighted by Crippen LogP contribution is -2.21. The Morgan fingerprint density at radius 3 is 2.53 bits per heavy atom. The number of carbonyl (C=O) groups excluding carboxylic acids is 3. The highest BCUT2D eigenvalue weighted by Gasteiger charge is 2.27. The second-order valence-electron chi connectivity index (χ2n) is 8.28. The predicted octanol–water partition coefficient (Wildman–Crippen LogP) is 2.84. The van der Waals surface area contributed by atoms with Crippen molar-refractivity contribution < 1.29 is 18.8 Å². The lowest BCUT2D eigenvalue weighted by molar-refractivity contribution is -0.117. The zero-order chi connectivity index (χ0) is 23.4. The Kier molecular flexibility index (Phi) is 7.06. The van der Waals surface area contributed by atoms with Crippen molar-refractivity contribution in [1.29, 1.82) is 0 Å². The van der Waals surface area contributed by atoms with Crippen LogP contribution in [0.25, 0.3) is 0 Å². The van der Waals surface area contributed by atoms with Gasteiger partial charge in [-0.1, -0.05) is 19.3 Å². The van der Waals surface area contributed by atoms with Gasteiger partial charge in [0.2, 0.25) is 11.9 Å². The molecule has 3 rings (SSSR count). The number of primary amides is 1. The van der Waals surface area contributed by atoms with Gasteiger partial charge in [0.25, 0.3) is 11.8 Å². The topological polar surface area (TPSA) is 158 Å². The van der Waals surface area contributed by atoms with E-state index in [2.05, 4.69) is 20.7 Å². The zero-order valence-corrected chi connectivity index (χ0v) is 18.2. The molecule has 0 aliphatic heterocycles. The summed E-state index contributed by atoms with van der Waals surface area (Å²) in [6.07, 6.45) is 7.03. The van der Waals surface area contributed by atoms with E-state index >= 15 is 0 Å². The van der Waals surface area contributed by atoms with Crippen molar-refractivity contribution in [3.05, 3.63) is 29.5 Å². The fraction of sp³-hybridized carbons (Fsp3) is 0.476. The number of rotatable bonds is 7. The van der Waals surface area contributed by atoms with Crippen LogP contribution in [0.5, 0.6) is 0 Å². The molecule has 6 N–H and O–H groups in total. The first-order chi connectivity index (χ1) is 15.2. The van der Waals surface area contributed by atoms with E-state index in [9.17, 15) is 18.8 Å². The second-order valence-corrected chi connectivity index (χ2v) is 8.28. The number of nitrogens with zero attached hydrogens (tertiary/aromatic N) is 3. The van der Waals surface area contributed by atoms with Crippen LogP contribution in [0.1, 0.15) is 79.3 Å². The number of anilines is 3. The minimum atomic E-state index is -0.958. The van der Waals surface area contributed by atoms with E-state index in [1.807, 2.05) is 0 Å². The van der Waals surface area contributed by atoms with Gasteiger partial charge in [-0.25, -0.2) is 9.67 Å². The van der Waals surface area contributed by atoms with Gasteiger partial charge in [0.1, 0.15) is 11.4 Å². The third kappa shape index (κ3) is 5.21. The monoisotopic (exact) mass is 445 g/mol. The van der Waals surface area contributed by atoms with Crippen LogP contribution >= 0.6 is 0 Å². The maximum atomic E-state index is 14.2. The number of nitrogens with two attached hydrogens (primary N) is 2. The fourth-order valence-electron chi connectivity index (χ4n) is 3.89. The summed E-state index contributed by atoms with van der Waals surface area (Å²) < 4.78 is 15.5. The molecule has 10 nitrogen and oxygen atoms in total. The molecule has 11 heteroatoms. The second kappa shape index (κ2) is 9.75. The van der Waals surface area contributed by atoms with E-state index in [-0.39, 0.29) is 40.4 Å². The molecular formula is C21H28FN7O3. The first-order valence-electron chi connectivity index (χ1n) is 10.6. The number of carbonyl (C=O) groups is 3. The average Bonchev–Trinajstić information content (AvgIpc) is 3.09. The van der Waals surface area contributed by atoms with Crippen LogP contribution < -0.4 is 22.1 Å². The number of pyridine rings is 1. The molecule has 1 aliphatic carbocycles. The first-order valence-corrected chi connectivity index (χ1v) is 10.6. The molecule has 0 spiro atoms. The summed E-state index contributed by atoms with van der Waals surface area (Å²) in [7, 11) is 0. The highest BCUT2D eigenvalue weighted by Crippen LogP contribution is 2.27. The van der Waals surface area contributed by atoms with Crippen LogP contribution in [-0.4, -0.2) is 32.5 Å². The Hall–Kier alpha value is -3.50. The van der Waals surface area contributed by atoms with Crippen molar-refractivity contribution in [1.82, 2.24) is 14.8 Å². The van der Waals surface area contributed by atoms with Crippen molar-refractivity contribution >= 4 is 34.9 Å². The van der Waals surface area contributed by atoms with Gasteiger partial charge in [-0.3, -0.25) is 14.4 Å². The summed E-state index contributed by atoms with van der Waals surface area (Å²) in [5, 5.41) is 9.08. The summed E-state index contributed by atoms with van der Waals surface area (Å²) in [6.45, 7) is 3.53. The molecule has 0 aromatic carbocycles. The summed E-state index contributed by atoms with van der Waals surface area (Å²) >= 11 is 0. The molecule has 1 saturated carbocycles. The van der Waals surface area contributed by atoms with Gasteiger partial charge in [-0.05, 0) is 38.7 Å². The number of aromatic nitrogens is 3. The molecule has 0 saturated heterocycles. The molecule has 0 unspecified atom stereocenters. The smallest absolute Gasteiger partial charge is 0.277 e. The molecule has 32 heavy (non-hydrogen) atoms. The highest BCUT2D eigenvalue weighted by molar-refractivity contribution is 6.12. The highest BCUT2D eigenvalue weighted by atomic mass is 19.1. The Labute approximate surface area is 184 Å². The van der Waals surface area contributed by atoms with Gasteiger partial charge in [0, 0.05) is 12.5 Å². The zero-order valence-electron chi connectivity index (χ0n) is 18.2. The van der Waals surface area contributed by atoms with E-state index in [0.29, 0.717) is 12.3 Å². The Morgan fingerprint density at radius 1 is 1.22 bits per heavy atom. The summed E-state index contributed by atoms with van der Waals surface area (Å²) in [5.41, 5.74) is 10.7. The standard InChI is InChI=1S/C21H28FN7O3/c1-11(2)29-19(23)16(20(24)31)17(28-29)21(32)27-14-9-13(10-25-18(14)22)26-15(30)8-12-6-4-3-5-7-12/h9-12H,3-8,23H2,1-2H3,(H2,24,31)(H,26,30)(H,27,32). The van der Waals surface area contributed by atoms with E-state index in [1.165, 1.54) is 23.4 Å². The van der Waals surface area contributed by atoms with E-state index in [1.54, 1.807) is 13.8 Å². The van der Waals surface area contributed by atoms with Gasteiger partial charge < -0.3 is 22.1 Å². The quantitative estimate of drug-likeness (QED) is 0.480. The summed E-state index contributed by atoms with van der Waals surface area (Å²) in [6, 6.07) is 1.02. The van der Waals surface area contributed by atoms with E-state index < -0.39 is 17.8 Å². The Balaban J connectivity index is 1.76. The van der Waals surface area contributed by atoms with Crippen LogP contribution in [0.4, 0.5) is 21.6 Å². The third-order valence-corrected chi connectivity index (χ3v) is 5.47. The van der Waals surface area contributed by atoms with Crippen molar-refractivity contribution in [2.24, 2.45) is 11.7 Å². The maximum Gasteiger partial charge on any atom is 0.277 e. The van der Waals surface area contributed by atoms with Gasteiger partial charge in [0.05, 0.1) is 17.6 Å². The number of hydrogen-bond acceptors (Lipinski definition) is 6. The number of nitrogen functional groups attached to an aromatic ring is 1. The van der Waals surface area contributed by atoms with Crippen molar-refractivity contribution in [2.75, 3.05) is 16.4 Å². The molecule has 172 valence electrons. The lowest BCUT2D eigenvalue weighted by Gasteiger charge is -2.20. The van der Waals surface area contributed by atoms with Gasteiger partial charge in [-0.15, -0.1) is 0 Å². The molecule has 0 radical (unpaired) electrons. The summed E-state index contributed by atoms with van der Waals surface area (Å²) in [5.74, 6) is -2.68. The largest absolute Gasteiger partial charge is 0.383 e. The van der Waals surface area contributed by atoms with Crippen LogP contribution in [0.3, 0.4) is 0 Å². The molecule has 1 fully saturated rings. The van der Waals surface area contributed by atoms with Crippen LogP contribution in [0.2, 0.25) is 0 Å². The molecule has 2 aromatic heterocycles. The molecule has 0 atom stereocenters. The summed E-state index contributed by atoms with van der Waals surface area (Å²) in [4.78, 5) is 40.5. The fourth-order valence-corrected chi connectivity index (χ4v) is 3.89. The minimum Gasteiger partial charge on any atom is -0.383 e. The number of amides is 3. The SMILES string of the molecule is CC(C)n1nc(C(=O)Nc2cc(NC(=O)CC3CCCCC3)cnc2F)c(C(N)=O)c1N. The van der Waals surface area contributed by atoms with Crippen LogP contribution in [0.15, 0.2) is 12.3 Å². The van der Waals surface area contributed by atoms with Crippen LogP contribution in [0, 0.1) is 11.9 Å². The molecule has 0 bridgehead atoms. The van der Waals surface area contributed by atoms with Gasteiger partial charge >= 0.3 is 0 Å². The average molecular weight is 445 g/mol. The van der Waals surface area contributed by atoms with Gasteiger partial charge in [-0.2, -0.15) is 9.49 Å².